The maximum Gasteiger partial charge on any atom is 0.0925 e. The number of hydrogen-bond acceptors (Lipinski definition) is 4. The molecule has 13 heavy (non-hydrogen) atoms. The largest absolute Gasteiger partial charge is 0.395 e. The number of aromatic amines is 1. The summed E-state index contributed by atoms with van der Waals surface area (Å²) in [4.78, 5) is 7.03. The van der Waals surface area contributed by atoms with Crippen LogP contribution in [0.15, 0.2) is 6.33 Å². The van der Waals surface area contributed by atoms with Crippen molar-refractivity contribution in [3.63, 3.8) is 0 Å². The minimum atomic E-state index is -0.268. The van der Waals surface area contributed by atoms with Crippen molar-refractivity contribution in [1.82, 2.24) is 15.3 Å². The number of aryl methyl sites for hydroxylation is 1. The predicted octanol–water partition coefficient (Wildman–Crippen LogP) is -0.839. The Bertz CT molecular complexity index is 245. The average Bonchev–Trinajstić information content (AvgIpc) is 2.54. The molecule has 4 N–H and O–H groups in total. The summed E-state index contributed by atoms with van der Waals surface area (Å²) in [7, 11) is 0. The third kappa shape index (κ3) is 2.80. The van der Waals surface area contributed by atoms with Crippen LogP contribution >= 0.6 is 0 Å². The van der Waals surface area contributed by atoms with Gasteiger partial charge in [0.05, 0.1) is 31.3 Å². The van der Waals surface area contributed by atoms with Gasteiger partial charge in [-0.2, -0.15) is 0 Å². The van der Waals surface area contributed by atoms with Crippen molar-refractivity contribution in [2.24, 2.45) is 0 Å². The fourth-order valence-electron chi connectivity index (χ4n) is 0.993. The summed E-state index contributed by atoms with van der Waals surface area (Å²) in [6.07, 6.45) is 1.62. The molecule has 0 bridgehead atoms. The minimum absolute atomic E-state index is 0.0695. The molecular formula is C8H15N3O2. The fourth-order valence-corrected chi connectivity index (χ4v) is 0.993. The van der Waals surface area contributed by atoms with E-state index in [1.54, 1.807) is 6.33 Å². The summed E-state index contributed by atoms with van der Waals surface area (Å²) in [5, 5.41) is 20.5. The number of aliphatic hydroxyl groups is 2. The van der Waals surface area contributed by atoms with Gasteiger partial charge in [-0.15, -0.1) is 0 Å². The van der Waals surface area contributed by atoms with Gasteiger partial charge in [0, 0.05) is 12.2 Å². The second kappa shape index (κ2) is 4.96. The minimum Gasteiger partial charge on any atom is -0.395 e. The van der Waals surface area contributed by atoms with Crippen molar-refractivity contribution >= 4 is 0 Å². The number of nitrogens with zero attached hydrogens (tertiary/aromatic N) is 1. The molecule has 1 rings (SSSR count). The first-order chi connectivity index (χ1) is 6.27. The van der Waals surface area contributed by atoms with Crippen LogP contribution in [-0.4, -0.2) is 39.4 Å². The SMILES string of the molecule is Cc1[nH]cnc1CNC(CO)CO. The molecule has 0 unspecified atom stereocenters. The standard InChI is InChI=1S/C8H15N3O2/c1-6-8(11-5-10-6)2-9-7(3-12)4-13/h5,7,9,12-13H,2-4H2,1H3,(H,10,11). The van der Waals surface area contributed by atoms with E-state index in [1.807, 2.05) is 6.92 Å². The molecule has 0 saturated heterocycles. The highest BCUT2D eigenvalue weighted by Gasteiger charge is 2.06. The van der Waals surface area contributed by atoms with Crippen LogP contribution < -0.4 is 5.32 Å². The number of imidazole rings is 1. The van der Waals surface area contributed by atoms with E-state index in [0.29, 0.717) is 6.54 Å². The van der Waals surface area contributed by atoms with E-state index >= 15 is 0 Å². The van der Waals surface area contributed by atoms with Crippen LogP contribution in [0, 0.1) is 6.92 Å². The van der Waals surface area contributed by atoms with Gasteiger partial charge in [-0.1, -0.05) is 0 Å². The predicted molar refractivity (Wildman–Crippen MR) is 48.1 cm³/mol. The molecule has 5 nitrogen and oxygen atoms in total. The van der Waals surface area contributed by atoms with E-state index < -0.39 is 0 Å². The normalized spacial score (nSPS) is 11.1. The molecule has 74 valence electrons. The number of hydrogen-bond donors (Lipinski definition) is 4. The van der Waals surface area contributed by atoms with Crippen molar-refractivity contribution in [2.45, 2.75) is 19.5 Å². The second-order valence-electron chi connectivity index (χ2n) is 2.92. The molecular weight excluding hydrogens is 170 g/mol. The Morgan fingerprint density at radius 1 is 1.54 bits per heavy atom. The van der Waals surface area contributed by atoms with Crippen LogP contribution in [0.3, 0.4) is 0 Å². The molecule has 0 aliphatic rings. The zero-order valence-electron chi connectivity index (χ0n) is 7.62. The third-order valence-corrected chi connectivity index (χ3v) is 1.93. The Labute approximate surface area is 76.8 Å². The molecule has 0 aliphatic heterocycles. The van der Waals surface area contributed by atoms with Gasteiger partial charge in [0.1, 0.15) is 0 Å². The topological polar surface area (TPSA) is 81.2 Å². The van der Waals surface area contributed by atoms with Crippen LogP contribution in [0.25, 0.3) is 0 Å². The Hall–Kier alpha value is -0.910. The molecule has 0 atom stereocenters. The maximum absolute atomic E-state index is 8.77. The molecule has 0 aromatic carbocycles. The second-order valence-corrected chi connectivity index (χ2v) is 2.92. The third-order valence-electron chi connectivity index (χ3n) is 1.93. The molecule has 1 aromatic heterocycles. The van der Waals surface area contributed by atoms with Crippen molar-refractivity contribution in [2.75, 3.05) is 13.2 Å². The van der Waals surface area contributed by atoms with Crippen molar-refractivity contribution in [1.29, 1.82) is 0 Å². The van der Waals surface area contributed by atoms with Gasteiger partial charge in [-0.05, 0) is 6.92 Å². The Kier molecular flexibility index (Phi) is 3.88. The van der Waals surface area contributed by atoms with Gasteiger partial charge < -0.3 is 20.5 Å². The van der Waals surface area contributed by atoms with Crippen LogP contribution in [0.5, 0.6) is 0 Å². The van der Waals surface area contributed by atoms with Gasteiger partial charge in [0.2, 0.25) is 0 Å². The molecule has 1 heterocycles. The summed E-state index contributed by atoms with van der Waals surface area (Å²) in [6.45, 7) is 2.35. The highest BCUT2D eigenvalue weighted by Crippen LogP contribution is 1.99. The summed E-state index contributed by atoms with van der Waals surface area (Å²) >= 11 is 0. The first kappa shape index (κ1) is 10.2. The number of aromatic nitrogens is 2. The highest BCUT2D eigenvalue weighted by molar-refractivity contribution is 5.08. The Balaban J connectivity index is 2.38. The molecule has 5 heteroatoms. The molecule has 0 radical (unpaired) electrons. The molecule has 0 amide bonds. The van der Waals surface area contributed by atoms with E-state index in [-0.39, 0.29) is 19.3 Å². The lowest BCUT2D eigenvalue weighted by atomic mass is 10.3. The number of rotatable bonds is 5. The summed E-state index contributed by atoms with van der Waals surface area (Å²) in [5.74, 6) is 0. The van der Waals surface area contributed by atoms with E-state index in [9.17, 15) is 0 Å². The summed E-state index contributed by atoms with van der Waals surface area (Å²) in [5.41, 5.74) is 1.91. The number of nitrogens with one attached hydrogen (secondary N) is 2. The average molecular weight is 185 g/mol. The van der Waals surface area contributed by atoms with Crippen molar-refractivity contribution < 1.29 is 10.2 Å². The van der Waals surface area contributed by atoms with E-state index in [4.69, 9.17) is 10.2 Å². The van der Waals surface area contributed by atoms with Gasteiger partial charge in [0.25, 0.3) is 0 Å². The lowest BCUT2D eigenvalue weighted by Gasteiger charge is -2.11. The van der Waals surface area contributed by atoms with Crippen LogP contribution in [0.4, 0.5) is 0 Å². The molecule has 0 saturated carbocycles. The maximum atomic E-state index is 8.77. The lowest BCUT2D eigenvalue weighted by Crippen LogP contribution is -2.35. The number of aliphatic hydroxyl groups excluding tert-OH is 2. The molecule has 0 fully saturated rings. The quantitative estimate of drug-likeness (QED) is 0.482. The summed E-state index contributed by atoms with van der Waals surface area (Å²) < 4.78 is 0. The zero-order chi connectivity index (χ0) is 9.68. The van der Waals surface area contributed by atoms with E-state index in [2.05, 4.69) is 15.3 Å². The molecule has 0 aliphatic carbocycles. The smallest absolute Gasteiger partial charge is 0.0925 e. The first-order valence-electron chi connectivity index (χ1n) is 4.22. The fraction of sp³-hybridized carbons (Fsp3) is 0.625. The van der Waals surface area contributed by atoms with Gasteiger partial charge >= 0.3 is 0 Å². The van der Waals surface area contributed by atoms with E-state index in [0.717, 1.165) is 11.4 Å². The van der Waals surface area contributed by atoms with Crippen LogP contribution in [0.1, 0.15) is 11.4 Å². The highest BCUT2D eigenvalue weighted by atomic mass is 16.3. The van der Waals surface area contributed by atoms with Gasteiger partial charge in [-0.25, -0.2) is 4.98 Å². The molecule has 1 aromatic rings. The monoisotopic (exact) mass is 185 g/mol. The zero-order valence-corrected chi connectivity index (χ0v) is 7.62. The lowest BCUT2D eigenvalue weighted by molar-refractivity contribution is 0.170. The van der Waals surface area contributed by atoms with Gasteiger partial charge in [-0.3, -0.25) is 0 Å². The Morgan fingerprint density at radius 3 is 2.69 bits per heavy atom. The van der Waals surface area contributed by atoms with Crippen molar-refractivity contribution in [3.8, 4) is 0 Å². The number of H-pyrrole nitrogens is 1. The van der Waals surface area contributed by atoms with Crippen LogP contribution in [-0.2, 0) is 6.54 Å². The van der Waals surface area contributed by atoms with Gasteiger partial charge in [0.15, 0.2) is 0 Å². The van der Waals surface area contributed by atoms with Crippen molar-refractivity contribution in [3.05, 3.63) is 17.7 Å². The Morgan fingerprint density at radius 2 is 2.23 bits per heavy atom. The first-order valence-corrected chi connectivity index (χ1v) is 4.22. The molecule has 0 spiro atoms. The van der Waals surface area contributed by atoms with Crippen LogP contribution in [0.2, 0.25) is 0 Å². The summed E-state index contributed by atoms with van der Waals surface area (Å²) in [6, 6.07) is -0.268. The van der Waals surface area contributed by atoms with E-state index in [1.165, 1.54) is 0 Å².